The molecule has 0 saturated heterocycles. The monoisotopic (exact) mass is 332 g/mol. The number of nitrogens with one attached hydrogen (secondary N) is 2. The number of ether oxygens (including phenoxy) is 1. The Morgan fingerprint density at radius 1 is 1.19 bits per heavy atom. The fourth-order valence-electron chi connectivity index (χ4n) is 1.61. The van der Waals surface area contributed by atoms with Crippen molar-refractivity contribution in [2.75, 3.05) is 13.7 Å². The average molecular weight is 333 g/mol. The summed E-state index contributed by atoms with van der Waals surface area (Å²) in [5.41, 5.74) is -0.0940. The van der Waals surface area contributed by atoms with Gasteiger partial charge in [-0.3, -0.25) is 9.59 Å². The number of benzene rings is 1. The highest BCUT2D eigenvalue weighted by Gasteiger charge is 2.16. The molecule has 2 amide bonds. The summed E-state index contributed by atoms with van der Waals surface area (Å²) >= 11 is 11.9. The van der Waals surface area contributed by atoms with E-state index < -0.39 is 5.91 Å². The van der Waals surface area contributed by atoms with E-state index in [2.05, 4.69) is 10.6 Å². The normalized spacial score (nSPS) is 11.0. The van der Waals surface area contributed by atoms with Crippen LogP contribution in [-0.4, -0.2) is 31.0 Å². The van der Waals surface area contributed by atoms with E-state index in [0.29, 0.717) is 5.75 Å². The third kappa shape index (κ3) is 5.44. The van der Waals surface area contributed by atoms with Crippen molar-refractivity contribution in [3.05, 3.63) is 27.7 Å². The molecule has 0 radical (unpaired) electrons. The van der Waals surface area contributed by atoms with E-state index in [0.717, 1.165) is 0 Å². The van der Waals surface area contributed by atoms with Gasteiger partial charge >= 0.3 is 0 Å². The zero-order valence-corrected chi connectivity index (χ0v) is 13.9. The van der Waals surface area contributed by atoms with Gasteiger partial charge < -0.3 is 15.4 Å². The summed E-state index contributed by atoms with van der Waals surface area (Å²) < 4.78 is 5.00. The van der Waals surface area contributed by atoms with Gasteiger partial charge in [-0.05, 0) is 32.9 Å². The van der Waals surface area contributed by atoms with Crippen LogP contribution in [0.2, 0.25) is 10.0 Å². The van der Waals surface area contributed by atoms with Crippen LogP contribution >= 0.6 is 23.2 Å². The number of hydrogen-bond acceptors (Lipinski definition) is 3. The van der Waals surface area contributed by atoms with Crippen LogP contribution in [0.15, 0.2) is 12.1 Å². The zero-order chi connectivity index (χ0) is 16.2. The van der Waals surface area contributed by atoms with Gasteiger partial charge in [-0.2, -0.15) is 0 Å². The Hall–Kier alpha value is -1.46. The molecule has 2 N–H and O–H groups in total. The van der Waals surface area contributed by atoms with Gasteiger partial charge in [0.25, 0.3) is 5.91 Å². The summed E-state index contributed by atoms with van der Waals surface area (Å²) in [5, 5.41) is 5.71. The Kier molecular flexibility index (Phi) is 5.87. The predicted octanol–water partition coefficient (Wildman–Crippen LogP) is 2.65. The second-order valence-electron chi connectivity index (χ2n) is 5.45. The topological polar surface area (TPSA) is 67.4 Å². The molecule has 5 nitrogen and oxygen atoms in total. The van der Waals surface area contributed by atoms with Crippen molar-refractivity contribution in [3.8, 4) is 5.75 Å². The Bertz CT molecular complexity index is 531. The van der Waals surface area contributed by atoms with Crippen molar-refractivity contribution >= 4 is 35.0 Å². The van der Waals surface area contributed by atoms with Crippen LogP contribution in [0, 0.1) is 0 Å². The standard InChI is InChI=1S/C14H18Cl2N2O3/c1-14(2,3)18-11(19)7-17-13(20)8-5-9(15)12(21-4)10(16)6-8/h5-6H,7H2,1-4H3,(H,17,20)(H,18,19). The first-order valence-electron chi connectivity index (χ1n) is 6.26. The van der Waals surface area contributed by atoms with Crippen molar-refractivity contribution < 1.29 is 14.3 Å². The molecule has 0 aromatic heterocycles. The molecule has 1 rings (SSSR count). The zero-order valence-electron chi connectivity index (χ0n) is 12.3. The van der Waals surface area contributed by atoms with E-state index in [-0.39, 0.29) is 33.6 Å². The van der Waals surface area contributed by atoms with Gasteiger partial charge in [0.1, 0.15) is 0 Å². The number of carbonyl (C=O) groups is 2. The van der Waals surface area contributed by atoms with Crippen LogP contribution in [-0.2, 0) is 4.79 Å². The number of methoxy groups -OCH3 is 1. The third-order valence-corrected chi connectivity index (χ3v) is 2.95. The molecule has 0 fully saturated rings. The van der Waals surface area contributed by atoms with Gasteiger partial charge in [-0.1, -0.05) is 23.2 Å². The van der Waals surface area contributed by atoms with Crippen LogP contribution in [0.1, 0.15) is 31.1 Å². The number of carbonyl (C=O) groups excluding carboxylic acids is 2. The van der Waals surface area contributed by atoms with Gasteiger partial charge in [0.2, 0.25) is 5.91 Å². The summed E-state index contributed by atoms with van der Waals surface area (Å²) in [5.74, 6) is -0.410. The fourth-order valence-corrected chi connectivity index (χ4v) is 2.25. The lowest BCUT2D eigenvalue weighted by Crippen LogP contribution is -2.45. The van der Waals surface area contributed by atoms with E-state index in [1.165, 1.54) is 19.2 Å². The number of amides is 2. The molecular weight excluding hydrogens is 315 g/mol. The summed E-state index contributed by atoms with van der Waals surface area (Å²) in [6.45, 7) is 5.44. The maximum absolute atomic E-state index is 12.0. The highest BCUT2D eigenvalue weighted by atomic mass is 35.5. The van der Waals surface area contributed by atoms with Crippen LogP contribution in [0.4, 0.5) is 0 Å². The second-order valence-corrected chi connectivity index (χ2v) is 6.27. The lowest BCUT2D eigenvalue weighted by Gasteiger charge is -2.20. The van der Waals surface area contributed by atoms with Crippen LogP contribution in [0.25, 0.3) is 0 Å². The smallest absolute Gasteiger partial charge is 0.251 e. The Labute approximate surface area is 133 Å². The van der Waals surface area contributed by atoms with Crippen molar-refractivity contribution in [1.82, 2.24) is 10.6 Å². The van der Waals surface area contributed by atoms with Crippen LogP contribution in [0.3, 0.4) is 0 Å². The predicted molar refractivity (Wildman–Crippen MR) is 83.2 cm³/mol. The molecule has 0 unspecified atom stereocenters. The first-order chi connectivity index (χ1) is 9.64. The first kappa shape index (κ1) is 17.6. The molecule has 0 heterocycles. The second kappa shape index (κ2) is 7.00. The van der Waals surface area contributed by atoms with E-state index in [1.807, 2.05) is 20.8 Å². The molecule has 1 aromatic rings. The molecule has 0 atom stereocenters. The van der Waals surface area contributed by atoms with Crippen LogP contribution < -0.4 is 15.4 Å². The molecule has 0 spiro atoms. The van der Waals surface area contributed by atoms with E-state index in [1.54, 1.807) is 0 Å². The van der Waals surface area contributed by atoms with Crippen molar-refractivity contribution in [1.29, 1.82) is 0 Å². The minimum absolute atomic E-state index is 0.128. The molecule has 0 saturated carbocycles. The van der Waals surface area contributed by atoms with Crippen molar-refractivity contribution in [2.45, 2.75) is 26.3 Å². The molecule has 7 heteroatoms. The number of halogens is 2. The molecular formula is C14H18Cl2N2O3. The van der Waals surface area contributed by atoms with Crippen molar-refractivity contribution in [3.63, 3.8) is 0 Å². The van der Waals surface area contributed by atoms with E-state index in [9.17, 15) is 9.59 Å². The minimum Gasteiger partial charge on any atom is -0.494 e. The van der Waals surface area contributed by atoms with Gasteiger partial charge in [-0.15, -0.1) is 0 Å². The van der Waals surface area contributed by atoms with E-state index >= 15 is 0 Å². The summed E-state index contributed by atoms with van der Waals surface area (Å²) in [7, 11) is 1.43. The van der Waals surface area contributed by atoms with Crippen LogP contribution in [0.5, 0.6) is 5.75 Å². The molecule has 0 aliphatic carbocycles. The first-order valence-corrected chi connectivity index (χ1v) is 7.02. The largest absolute Gasteiger partial charge is 0.494 e. The summed E-state index contributed by atoms with van der Waals surface area (Å²) in [6, 6.07) is 2.87. The third-order valence-electron chi connectivity index (χ3n) is 2.39. The molecule has 21 heavy (non-hydrogen) atoms. The van der Waals surface area contributed by atoms with Gasteiger partial charge in [0.05, 0.1) is 23.7 Å². The Balaban J connectivity index is 2.71. The number of rotatable bonds is 4. The van der Waals surface area contributed by atoms with Crippen molar-refractivity contribution in [2.24, 2.45) is 0 Å². The Morgan fingerprint density at radius 3 is 2.14 bits per heavy atom. The molecule has 0 aliphatic rings. The molecule has 0 bridgehead atoms. The van der Waals surface area contributed by atoms with E-state index in [4.69, 9.17) is 27.9 Å². The molecule has 0 aliphatic heterocycles. The van der Waals surface area contributed by atoms with Gasteiger partial charge in [0.15, 0.2) is 5.75 Å². The fraction of sp³-hybridized carbons (Fsp3) is 0.429. The Morgan fingerprint density at radius 2 is 1.71 bits per heavy atom. The summed E-state index contributed by atoms with van der Waals surface area (Å²) in [6.07, 6.45) is 0. The maximum atomic E-state index is 12.0. The van der Waals surface area contributed by atoms with Gasteiger partial charge in [0, 0.05) is 11.1 Å². The molecule has 1 aromatic carbocycles. The summed E-state index contributed by atoms with van der Waals surface area (Å²) in [4.78, 5) is 23.6. The highest BCUT2D eigenvalue weighted by Crippen LogP contribution is 2.33. The highest BCUT2D eigenvalue weighted by molar-refractivity contribution is 6.37. The minimum atomic E-state index is -0.439. The number of hydrogen-bond donors (Lipinski definition) is 2. The SMILES string of the molecule is COc1c(Cl)cc(C(=O)NCC(=O)NC(C)(C)C)cc1Cl. The lowest BCUT2D eigenvalue weighted by molar-refractivity contribution is -0.121. The molecule has 116 valence electrons. The maximum Gasteiger partial charge on any atom is 0.251 e. The average Bonchev–Trinajstić information content (AvgIpc) is 2.33. The lowest BCUT2D eigenvalue weighted by atomic mass is 10.1. The quantitative estimate of drug-likeness (QED) is 0.890. The van der Waals surface area contributed by atoms with Gasteiger partial charge in [-0.25, -0.2) is 0 Å².